The van der Waals surface area contributed by atoms with Crippen molar-refractivity contribution in [2.45, 2.75) is 52.1 Å². The summed E-state index contributed by atoms with van der Waals surface area (Å²) in [5.41, 5.74) is 1.46. The lowest BCUT2D eigenvalue weighted by atomic mass is 9.84. The Balaban J connectivity index is 1.86. The van der Waals surface area contributed by atoms with E-state index < -0.39 is 0 Å². The number of amides is 3. The van der Waals surface area contributed by atoms with Crippen LogP contribution in [-0.2, 0) is 11.3 Å². The van der Waals surface area contributed by atoms with Gasteiger partial charge in [-0.3, -0.25) is 9.79 Å². The number of nitrogens with one attached hydrogen (secondary N) is 4. The van der Waals surface area contributed by atoms with Gasteiger partial charge in [0.25, 0.3) is 0 Å². The van der Waals surface area contributed by atoms with Crippen LogP contribution in [0.3, 0.4) is 0 Å². The van der Waals surface area contributed by atoms with Gasteiger partial charge in [0.1, 0.15) is 0 Å². The lowest BCUT2D eigenvalue weighted by molar-refractivity contribution is -0.138. The molecule has 0 radical (unpaired) electrons. The summed E-state index contributed by atoms with van der Waals surface area (Å²) in [5.74, 6) is 0.860. The molecule has 0 bridgehead atoms. The van der Waals surface area contributed by atoms with E-state index in [1.165, 1.54) is 0 Å². The molecule has 1 saturated carbocycles. The Kier molecular flexibility index (Phi) is 8.50. The van der Waals surface area contributed by atoms with Crippen LogP contribution in [-0.4, -0.2) is 56.5 Å². The smallest absolute Gasteiger partial charge is 0.319 e. The van der Waals surface area contributed by atoms with E-state index in [-0.39, 0.29) is 23.4 Å². The van der Waals surface area contributed by atoms with Crippen molar-refractivity contribution in [2.24, 2.45) is 10.4 Å². The number of carbonyl (C=O) groups is 2. The average Bonchev–Trinajstić information content (AvgIpc) is 3.18. The van der Waals surface area contributed by atoms with E-state index in [2.05, 4.69) is 26.3 Å². The van der Waals surface area contributed by atoms with Gasteiger partial charge in [-0.15, -0.1) is 0 Å². The highest BCUT2D eigenvalue weighted by Crippen LogP contribution is 2.38. The SMILES string of the molecule is CN=C(NCc1ccc(NC(=O)NC(C)C)cc1)NCC1(C(=O)N(C)C)CCCC1. The molecule has 8 heteroatoms. The van der Waals surface area contributed by atoms with Crippen LogP contribution in [0.15, 0.2) is 29.3 Å². The first-order chi connectivity index (χ1) is 14.3. The highest BCUT2D eigenvalue weighted by molar-refractivity contribution is 5.89. The summed E-state index contributed by atoms with van der Waals surface area (Å²) in [6, 6.07) is 7.53. The van der Waals surface area contributed by atoms with Crippen molar-refractivity contribution in [3.63, 3.8) is 0 Å². The Hall–Kier alpha value is -2.77. The van der Waals surface area contributed by atoms with Gasteiger partial charge in [0.05, 0.1) is 5.41 Å². The minimum atomic E-state index is -0.342. The van der Waals surface area contributed by atoms with Crippen molar-refractivity contribution < 1.29 is 9.59 Å². The zero-order valence-corrected chi connectivity index (χ0v) is 18.8. The van der Waals surface area contributed by atoms with Crippen molar-refractivity contribution in [3.05, 3.63) is 29.8 Å². The Morgan fingerprint density at radius 3 is 2.27 bits per heavy atom. The maximum atomic E-state index is 12.7. The number of nitrogens with zero attached hydrogens (tertiary/aromatic N) is 2. The van der Waals surface area contributed by atoms with E-state index >= 15 is 0 Å². The predicted octanol–water partition coefficient (Wildman–Crippen LogP) is 2.53. The molecule has 2 rings (SSSR count). The molecule has 1 aliphatic rings. The number of urea groups is 1. The normalized spacial score (nSPS) is 15.6. The Bertz CT molecular complexity index is 736. The van der Waals surface area contributed by atoms with E-state index in [9.17, 15) is 9.59 Å². The van der Waals surface area contributed by atoms with Crippen LogP contribution >= 0.6 is 0 Å². The van der Waals surface area contributed by atoms with Crippen molar-refractivity contribution >= 4 is 23.6 Å². The summed E-state index contributed by atoms with van der Waals surface area (Å²) >= 11 is 0. The Morgan fingerprint density at radius 2 is 1.73 bits per heavy atom. The van der Waals surface area contributed by atoms with Gasteiger partial charge < -0.3 is 26.2 Å². The molecule has 30 heavy (non-hydrogen) atoms. The largest absolute Gasteiger partial charge is 0.355 e. The molecule has 166 valence electrons. The number of rotatable bonds is 7. The number of aliphatic imine (C=N–C) groups is 1. The molecule has 0 unspecified atom stereocenters. The molecule has 1 fully saturated rings. The van der Waals surface area contributed by atoms with Crippen LogP contribution in [0.5, 0.6) is 0 Å². The van der Waals surface area contributed by atoms with Crippen molar-refractivity contribution in [1.29, 1.82) is 0 Å². The van der Waals surface area contributed by atoms with Crippen LogP contribution < -0.4 is 21.3 Å². The average molecular weight is 417 g/mol. The van der Waals surface area contributed by atoms with Crippen LogP contribution in [0.4, 0.5) is 10.5 Å². The molecule has 4 N–H and O–H groups in total. The second-order valence-electron chi connectivity index (χ2n) is 8.42. The summed E-state index contributed by atoms with van der Waals surface area (Å²) in [6.45, 7) is 5.00. The fraction of sp³-hybridized carbons (Fsp3) is 0.591. The van der Waals surface area contributed by atoms with Gasteiger partial charge >= 0.3 is 6.03 Å². The summed E-state index contributed by atoms with van der Waals surface area (Å²) < 4.78 is 0. The quantitative estimate of drug-likeness (QED) is 0.406. The van der Waals surface area contributed by atoms with E-state index in [0.717, 1.165) is 36.9 Å². The maximum absolute atomic E-state index is 12.7. The molecule has 0 heterocycles. The van der Waals surface area contributed by atoms with Gasteiger partial charge in [0, 0.05) is 46.0 Å². The molecule has 3 amide bonds. The highest BCUT2D eigenvalue weighted by Gasteiger charge is 2.42. The second kappa shape index (κ2) is 10.8. The molecule has 1 aromatic carbocycles. The number of hydrogen-bond donors (Lipinski definition) is 4. The summed E-state index contributed by atoms with van der Waals surface area (Å²) in [7, 11) is 5.37. The first kappa shape index (κ1) is 23.5. The number of hydrogen-bond acceptors (Lipinski definition) is 3. The standard InChI is InChI=1S/C22H36N6O2/c1-16(2)26-21(30)27-18-10-8-17(9-11-18)14-24-20(23-3)25-15-22(12-6-7-13-22)19(29)28(4)5/h8-11,16H,6-7,12-15H2,1-5H3,(H2,23,24,25)(H2,26,27,30). The fourth-order valence-corrected chi connectivity index (χ4v) is 3.79. The van der Waals surface area contributed by atoms with E-state index in [0.29, 0.717) is 19.0 Å². The van der Waals surface area contributed by atoms with Crippen LogP contribution in [0.1, 0.15) is 45.1 Å². The second-order valence-corrected chi connectivity index (χ2v) is 8.42. The zero-order chi connectivity index (χ0) is 22.1. The lowest BCUT2D eigenvalue weighted by Crippen LogP contribution is -2.49. The van der Waals surface area contributed by atoms with Crippen molar-refractivity contribution in [3.8, 4) is 0 Å². The van der Waals surface area contributed by atoms with Gasteiger partial charge in [-0.05, 0) is 44.4 Å². The molecule has 0 aromatic heterocycles. The monoisotopic (exact) mass is 416 g/mol. The van der Waals surface area contributed by atoms with Gasteiger partial charge in [0.2, 0.25) is 5.91 Å². The molecule has 8 nitrogen and oxygen atoms in total. The van der Waals surface area contributed by atoms with Crippen LogP contribution in [0.25, 0.3) is 0 Å². The van der Waals surface area contributed by atoms with Crippen LogP contribution in [0, 0.1) is 5.41 Å². The zero-order valence-electron chi connectivity index (χ0n) is 18.8. The summed E-state index contributed by atoms with van der Waals surface area (Å²) in [6.07, 6.45) is 3.99. The summed E-state index contributed by atoms with van der Waals surface area (Å²) in [4.78, 5) is 30.5. The van der Waals surface area contributed by atoms with E-state index in [4.69, 9.17) is 0 Å². The number of benzene rings is 1. The lowest BCUT2D eigenvalue weighted by Gasteiger charge is -2.31. The van der Waals surface area contributed by atoms with Gasteiger partial charge in [-0.1, -0.05) is 25.0 Å². The van der Waals surface area contributed by atoms with E-state index in [1.54, 1.807) is 11.9 Å². The number of guanidine groups is 1. The van der Waals surface area contributed by atoms with Gasteiger partial charge in [-0.25, -0.2) is 4.79 Å². The third-order valence-electron chi connectivity index (χ3n) is 5.33. The molecule has 1 aromatic rings. The first-order valence-electron chi connectivity index (χ1n) is 10.6. The number of carbonyl (C=O) groups excluding carboxylic acids is 2. The summed E-state index contributed by atoms with van der Waals surface area (Å²) in [5, 5.41) is 12.2. The third kappa shape index (κ3) is 6.64. The predicted molar refractivity (Wildman–Crippen MR) is 122 cm³/mol. The highest BCUT2D eigenvalue weighted by atomic mass is 16.2. The first-order valence-corrected chi connectivity index (χ1v) is 10.6. The van der Waals surface area contributed by atoms with Crippen LogP contribution in [0.2, 0.25) is 0 Å². The minimum absolute atomic E-state index is 0.0871. The van der Waals surface area contributed by atoms with Crippen molar-refractivity contribution in [1.82, 2.24) is 20.9 Å². The fourth-order valence-electron chi connectivity index (χ4n) is 3.79. The Labute approximate surface area is 179 Å². The third-order valence-corrected chi connectivity index (χ3v) is 5.33. The number of anilines is 1. The van der Waals surface area contributed by atoms with Gasteiger partial charge in [0.15, 0.2) is 5.96 Å². The molecule has 0 atom stereocenters. The maximum Gasteiger partial charge on any atom is 0.319 e. The van der Waals surface area contributed by atoms with Gasteiger partial charge in [-0.2, -0.15) is 0 Å². The molecule has 1 aliphatic carbocycles. The minimum Gasteiger partial charge on any atom is -0.355 e. The molecular formula is C22H36N6O2. The molecule has 0 saturated heterocycles. The van der Waals surface area contributed by atoms with E-state index in [1.807, 2.05) is 52.2 Å². The molecular weight excluding hydrogens is 380 g/mol. The van der Waals surface area contributed by atoms with Crippen molar-refractivity contribution in [2.75, 3.05) is 33.0 Å². The Morgan fingerprint density at radius 1 is 1.10 bits per heavy atom. The molecule has 0 spiro atoms. The topological polar surface area (TPSA) is 97.9 Å². The molecule has 0 aliphatic heterocycles.